The van der Waals surface area contributed by atoms with Gasteiger partial charge in [0, 0.05) is 24.0 Å². The lowest BCUT2D eigenvalue weighted by Gasteiger charge is -2.12. The van der Waals surface area contributed by atoms with Crippen LogP contribution in [0.2, 0.25) is 0 Å². The van der Waals surface area contributed by atoms with Crippen LogP contribution in [0.25, 0.3) is 0 Å². The molecule has 0 aromatic heterocycles. The van der Waals surface area contributed by atoms with Crippen molar-refractivity contribution in [2.45, 2.75) is 12.8 Å². The summed E-state index contributed by atoms with van der Waals surface area (Å²) in [5.74, 6) is 1.78. The summed E-state index contributed by atoms with van der Waals surface area (Å²) in [5.41, 5.74) is 1.23. The number of rotatable bonds is 7. The molecule has 0 saturated carbocycles. The molecule has 0 saturated heterocycles. The van der Waals surface area contributed by atoms with Crippen LogP contribution in [0.4, 0.5) is 0 Å². The van der Waals surface area contributed by atoms with E-state index in [1.807, 2.05) is 0 Å². The summed E-state index contributed by atoms with van der Waals surface area (Å²) in [5, 5.41) is 9.94. The lowest BCUT2D eigenvalue weighted by Crippen LogP contribution is -2.09. The lowest BCUT2D eigenvalue weighted by atomic mass is 10.0. The zero-order chi connectivity index (χ0) is 16.8. The van der Waals surface area contributed by atoms with Gasteiger partial charge in [-0.05, 0) is 30.3 Å². The second-order valence-corrected chi connectivity index (χ2v) is 5.03. The summed E-state index contributed by atoms with van der Waals surface area (Å²) in [6, 6.07) is 10.2. The molecule has 0 bridgehead atoms. The number of phenols is 1. The first-order valence-corrected chi connectivity index (χ1v) is 7.16. The molecule has 2 rings (SSSR count). The highest BCUT2D eigenvalue weighted by atomic mass is 16.5. The van der Waals surface area contributed by atoms with E-state index in [9.17, 15) is 9.90 Å². The fraction of sp³-hybridized carbons (Fsp3) is 0.278. The Bertz CT molecular complexity index is 694. The lowest BCUT2D eigenvalue weighted by molar-refractivity contribution is -0.117. The summed E-state index contributed by atoms with van der Waals surface area (Å²) in [6.45, 7) is 0. The molecule has 5 nitrogen and oxygen atoms in total. The van der Waals surface area contributed by atoms with Crippen LogP contribution >= 0.6 is 0 Å². The highest BCUT2D eigenvalue weighted by Crippen LogP contribution is 2.29. The van der Waals surface area contributed by atoms with Crippen LogP contribution in [0.15, 0.2) is 36.4 Å². The Hall–Kier alpha value is -2.69. The van der Waals surface area contributed by atoms with Gasteiger partial charge in [-0.2, -0.15) is 0 Å². The van der Waals surface area contributed by atoms with Gasteiger partial charge >= 0.3 is 0 Å². The summed E-state index contributed by atoms with van der Waals surface area (Å²) in [6.07, 6.45) is 0.258. The fourth-order valence-electron chi connectivity index (χ4n) is 2.42. The molecular weight excluding hydrogens is 296 g/mol. The van der Waals surface area contributed by atoms with Crippen molar-refractivity contribution >= 4 is 5.78 Å². The third-order valence-corrected chi connectivity index (χ3v) is 3.58. The van der Waals surface area contributed by atoms with Gasteiger partial charge in [-0.1, -0.05) is 6.07 Å². The maximum atomic E-state index is 12.4. The largest absolute Gasteiger partial charge is 0.508 e. The van der Waals surface area contributed by atoms with Crippen molar-refractivity contribution in [2.24, 2.45) is 0 Å². The monoisotopic (exact) mass is 316 g/mol. The summed E-state index contributed by atoms with van der Waals surface area (Å²) in [7, 11) is 4.63. The van der Waals surface area contributed by atoms with Gasteiger partial charge in [0.05, 0.1) is 21.3 Å². The van der Waals surface area contributed by atoms with E-state index in [0.717, 1.165) is 5.56 Å². The van der Waals surface area contributed by atoms with Crippen molar-refractivity contribution < 1.29 is 24.1 Å². The number of benzene rings is 2. The van der Waals surface area contributed by atoms with Crippen molar-refractivity contribution in [2.75, 3.05) is 21.3 Å². The third-order valence-electron chi connectivity index (χ3n) is 3.58. The Morgan fingerprint density at radius 3 is 2.35 bits per heavy atom. The Morgan fingerprint density at radius 1 is 0.957 bits per heavy atom. The van der Waals surface area contributed by atoms with Crippen LogP contribution in [0.3, 0.4) is 0 Å². The molecule has 0 fully saturated rings. The predicted octanol–water partition coefficient (Wildman–Crippen LogP) is 2.77. The first-order valence-electron chi connectivity index (χ1n) is 7.16. The van der Waals surface area contributed by atoms with E-state index >= 15 is 0 Å². The number of Topliss-reactive ketones (excluding diaryl/α,β-unsaturated/α-hetero) is 1. The number of hydrogen-bond donors (Lipinski definition) is 1. The molecule has 0 unspecified atom stereocenters. The Kier molecular flexibility index (Phi) is 5.46. The number of carbonyl (C=O) groups excluding carboxylic acids is 1. The number of ketones is 1. The van der Waals surface area contributed by atoms with Crippen LogP contribution in [0, 0.1) is 0 Å². The predicted molar refractivity (Wildman–Crippen MR) is 86.6 cm³/mol. The molecule has 0 aliphatic heterocycles. The standard InChI is InChI=1S/C18H20O5/c1-21-14-7-8-17(22-2)12(10-14)9-13(19)11-15-16(20)5-4-6-18(15)23-3/h4-8,10,20H,9,11H2,1-3H3. The Balaban J connectivity index is 2.20. The minimum Gasteiger partial charge on any atom is -0.508 e. The van der Waals surface area contributed by atoms with E-state index in [2.05, 4.69) is 0 Å². The van der Waals surface area contributed by atoms with Crippen molar-refractivity contribution in [1.29, 1.82) is 0 Å². The molecule has 2 aromatic rings. The minimum absolute atomic E-state index is 0.0512. The average Bonchev–Trinajstić information content (AvgIpc) is 2.56. The van der Waals surface area contributed by atoms with Gasteiger partial charge < -0.3 is 19.3 Å². The SMILES string of the molecule is COc1ccc(OC)c(CC(=O)Cc2c(O)cccc2OC)c1. The summed E-state index contributed by atoms with van der Waals surface area (Å²) in [4.78, 5) is 12.4. The van der Waals surface area contributed by atoms with Crippen molar-refractivity contribution in [3.05, 3.63) is 47.5 Å². The molecule has 0 amide bonds. The zero-order valence-electron chi connectivity index (χ0n) is 13.5. The van der Waals surface area contributed by atoms with Gasteiger partial charge in [-0.25, -0.2) is 0 Å². The normalized spacial score (nSPS) is 10.2. The van der Waals surface area contributed by atoms with Crippen LogP contribution in [-0.4, -0.2) is 32.2 Å². The first-order chi connectivity index (χ1) is 11.1. The smallest absolute Gasteiger partial charge is 0.142 e. The molecule has 0 aliphatic carbocycles. The number of hydrogen-bond acceptors (Lipinski definition) is 5. The quantitative estimate of drug-likeness (QED) is 0.851. The number of methoxy groups -OCH3 is 3. The molecule has 0 atom stereocenters. The van der Waals surface area contributed by atoms with Crippen LogP contribution < -0.4 is 14.2 Å². The molecule has 0 spiro atoms. The van der Waals surface area contributed by atoms with Gasteiger partial charge in [-0.3, -0.25) is 4.79 Å². The summed E-state index contributed by atoms with van der Waals surface area (Å²) >= 11 is 0. The molecule has 0 aliphatic rings. The highest BCUT2D eigenvalue weighted by molar-refractivity contribution is 5.85. The van der Waals surface area contributed by atoms with Gasteiger partial charge in [0.1, 0.15) is 28.8 Å². The highest BCUT2D eigenvalue weighted by Gasteiger charge is 2.15. The van der Waals surface area contributed by atoms with E-state index in [0.29, 0.717) is 22.8 Å². The summed E-state index contributed by atoms with van der Waals surface area (Å²) < 4.78 is 15.7. The van der Waals surface area contributed by atoms with Crippen molar-refractivity contribution in [3.63, 3.8) is 0 Å². The Morgan fingerprint density at radius 2 is 1.70 bits per heavy atom. The zero-order valence-corrected chi connectivity index (χ0v) is 13.5. The van der Waals surface area contributed by atoms with Crippen LogP contribution in [-0.2, 0) is 17.6 Å². The van der Waals surface area contributed by atoms with Crippen LogP contribution in [0.1, 0.15) is 11.1 Å². The van der Waals surface area contributed by atoms with Crippen LogP contribution in [0.5, 0.6) is 23.0 Å². The second kappa shape index (κ2) is 7.54. The van der Waals surface area contributed by atoms with Gasteiger partial charge in [-0.15, -0.1) is 0 Å². The minimum atomic E-state index is -0.0589. The van der Waals surface area contributed by atoms with E-state index in [-0.39, 0.29) is 24.4 Å². The molecule has 1 N–H and O–H groups in total. The number of phenolic OH excluding ortho intramolecular Hbond substituents is 1. The van der Waals surface area contributed by atoms with Gasteiger partial charge in [0.25, 0.3) is 0 Å². The average molecular weight is 316 g/mol. The molecule has 2 aromatic carbocycles. The number of aromatic hydroxyl groups is 1. The maximum absolute atomic E-state index is 12.4. The van der Waals surface area contributed by atoms with Gasteiger partial charge in [0.2, 0.25) is 0 Å². The molecular formula is C18H20O5. The van der Waals surface area contributed by atoms with E-state index in [4.69, 9.17) is 14.2 Å². The fourth-order valence-corrected chi connectivity index (χ4v) is 2.42. The Labute approximate surface area is 135 Å². The molecule has 23 heavy (non-hydrogen) atoms. The third kappa shape index (κ3) is 3.94. The van der Waals surface area contributed by atoms with E-state index in [1.165, 1.54) is 13.2 Å². The van der Waals surface area contributed by atoms with Crippen molar-refractivity contribution in [1.82, 2.24) is 0 Å². The van der Waals surface area contributed by atoms with E-state index < -0.39 is 0 Å². The number of carbonyl (C=O) groups is 1. The topological polar surface area (TPSA) is 65.0 Å². The number of ether oxygens (including phenoxy) is 3. The molecule has 122 valence electrons. The first kappa shape index (κ1) is 16.7. The molecule has 5 heteroatoms. The second-order valence-electron chi connectivity index (χ2n) is 5.03. The van der Waals surface area contributed by atoms with Crippen molar-refractivity contribution in [3.8, 4) is 23.0 Å². The van der Waals surface area contributed by atoms with Gasteiger partial charge in [0.15, 0.2) is 0 Å². The molecule has 0 radical (unpaired) electrons. The maximum Gasteiger partial charge on any atom is 0.142 e. The molecule has 0 heterocycles. The van der Waals surface area contributed by atoms with E-state index in [1.54, 1.807) is 44.6 Å².